The molecule has 2 saturated heterocycles. The number of methoxy groups -OCH3 is 2. The van der Waals surface area contributed by atoms with Gasteiger partial charge >= 0.3 is 12.0 Å². The molecule has 14 heteroatoms. The first-order chi connectivity index (χ1) is 31.8. The molecule has 2 aromatic heterocycles. The number of hydrogen-bond acceptors (Lipinski definition) is 13. The van der Waals surface area contributed by atoms with Gasteiger partial charge in [-0.05, 0) is 113 Å². The molecule has 0 radical (unpaired) electrons. The largest absolute Gasteiger partial charge is 0.497 e. The van der Waals surface area contributed by atoms with E-state index in [1.54, 1.807) is 26.7 Å². The summed E-state index contributed by atoms with van der Waals surface area (Å²) in [4.78, 5) is 15.4. The minimum Gasteiger partial charge on any atom is -0.497 e. The van der Waals surface area contributed by atoms with Crippen LogP contribution in [0.2, 0.25) is 5.02 Å². The van der Waals surface area contributed by atoms with Crippen molar-refractivity contribution in [3.05, 3.63) is 113 Å². The van der Waals surface area contributed by atoms with Crippen molar-refractivity contribution in [3.8, 4) is 51.3 Å². The summed E-state index contributed by atoms with van der Waals surface area (Å²) in [6.07, 6.45) is 6.85. The predicted molar refractivity (Wildman–Crippen MR) is 255 cm³/mol. The third-order valence-corrected chi connectivity index (χ3v) is 12.5. The number of oxazole rings is 2. The number of aryl methyl sites for hydroxylation is 1. The number of ether oxygens (including phenoxy) is 5. The number of nitrogens with zero attached hydrogens (tertiary/aromatic N) is 6. The molecule has 2 aliphatic heterocycles. The highest BCUT2D eigenvalue weighted by Crippen LogP contribution is 2.39. The fourth-order valence-electron chi connectivity index (χ4n) is 8.87. The first-order valence-electron chi connectivity index (χ1n) is 22.8. The van der Waals surface area contributed by atoms with Crippen LogP contribution in [0.5, 0.6) is 28.7 Å². The van der Waals surface area contributed by atoms with E-state index in [0.717, 1.165) is 104 Å². The smallest absolute Gasteiger partial charge is 0.317 e. The van der Waals surface area contributed by atoms with E-state index in [9.17, 15) is 0 Å². The predicted octanol–water partition coefficient (Wildman–Crippen LogP) is 10.7. The Balaban J connectivity index is 1.12. The maximum absolute atomic E-state index is 6.69. The quantitative estimate of drug-likeness (QED) is 0.0720. The molecule has 2 aliphatic rings. The molecule has 2 fully saturated rings. The summed E-state index contributed by atoms with van der Waals surface area (Å²) >= 11 is 6.69. The minimum absolute atomic E-state index is 0.000919. The van der Waals surface area contributed by atoms with E-state index >= 15 is 0 Å². The molecule has 0 N–H and O–H groups in total. The third kappa shape index (κ3) is 10.8. The lowest BCUT2D eigenvalue weighted by Crippen LogP contribution is -2.59. The number of anilines is 2. The van der Waals surface area contributed by atoms with Crippen molar-refractivity contribution in [2.45, 2.75) is 78.6 Å². The average molecular weight is 906 g/mol. The molecule has 65 heavy (non-hydrogen) atoms. The van der Waals surface area contributed by atoms with E-state index in [1.807, 2.05) is 81.4 Å². The Hall–Kier alpha value is -5.89. The van der Waals surface area contributed by atoms with Crippen molar-refractivity contribution in [3.63, 3.8) is 0 Å². The van der Waals surface area contributed by atoms with Crippen LogP contribution in [0, 0.1) is 6.92 Å². The van der Waals surface area contributed by atoms with Crippen LogP contribution in [0.25, 0.3) is 22.5 Å². The summed E-state index contributed by atoms with van der Waals surface area (Å²) < 4.78 is 42.0. The standard InChI is InChI=1S/C51H61ClN6O7/c1-7-61-46-26-36(17-16-35(46)4)31-55-22-18-40(19-23-55)57(50-53-44(33-64-50)38-12-10-14-42(29-38)59-5)58(51-54-45(34-65-51)39-13-11-15-43(30-39)60-6)41-20-24-56(25-21-41)32-37-27-47(62-8-2)49(52)48(28-37)63-9-3/h10-17,26-30,33-34,40-41H,7-9,18-25,31-32H2,1-6H3. The molecule has 0 amide bonds. The molecule has 0 atom stereocenters. The lowest BCUT2D eigenvalue weighted by molar-refractivity contribution is 0.178. The van der Waals surface area contributed by atoms with Crippen LogP contribution in [0.3, 0.4) is 0 Å². The fraction of sp³-hybridized carbons (Fsp3) is 0.412. The number of rotatable bonds is 19. The molecule has 344 valence electrons. The third-order valence-electron chi connectivity index (χ3n) is 12.2. The van der Waals surface area contributed by atoms with Crippen LogP contribution in [0.4, 0.5) is 12.0 Å². The first kappa shape index (κ1) is 45.7. The molecule has 0 spiro atoms. The second-order valence-corrected chi connectivity index (χ2v) is 16.9. The van der Waals surface area contributed by atoms with Crippen molar-refractivity contribution >= 4 is 23.6 Å². The second kappa shape index (κ2) is 21.4. The molecule has 13 nitrogen and oxygen atoms in total. The Morgan fingerprint density at radius 3 is 1.51 bits per heavy atom. The molecule has 4 heterocycles. The van der Waals surface area contributed by atoms with Gasteiger partial charge in [-0.25, -0.2) is 10.0 Å². The topological polar surface area (TPSA) is 111 Å². The Morgan fingerprint density at radius 1 is 0.600 bits per heavy atom. The van der Waals surface area contributed by atoms with E-state index in [4.69, 9.17) is 54.1 Å². The van der Waals surface area contributed by atoms with Gasteiger partial charge in [-0.2, -0.15) is 9.97 Å². The van der Waals surface area contributed by atoms with E-state index in [0.29, 0.717) is 59.8 Å². The number of likely N-dealkylation sites (tertiary alicyclic amines) is 2. The van der Waals surface area contributed by atoms with E-state index in [1.165, 1.54) is 5.56 Å². The Morgan fingerprint density at radius 2 is 1.05 bits per heavy atom. The van der Waals surface area contributed by atoms with E-state index in [-0.39, 0.29) is 12.1 Å². The first-order valence-corrected chi connectivity index (χ1v) is 23.2. The normalized spacial score (nSPS) is 15.2. The zero-order chi connectivity index (χ0) is 45.3. The van der Waals surface area contributed by atoms with Gasteiger partial charge in [0.15, 0.2) is 0 Å². The number of halogens is 1. The maximum Gasteiger partial charge on any atom is 0.317 e. The van der Waals surface area contributed by atoms with Gasteiger partial charge in [0.2, 0.25) is 0 Å². The highest BCUT2D eigenvalue weighted by molar-refractivity contribution is 6.33. The number of aromatic nitrogens is 2. The van der Waals surface area contributed by atoms with Gasteiger partial charge < -0.3 is 32.5 Å². The maximum atomic E-state index is 6.69. The van der Waals surface area contributed by atoms with Crippen LogP contribution >= 0.6 is 11.6 Å². The highest BCUT2D eigenvalue weighted by Gasteiger charge is 2.39. The zero-order valence-electron chi connectivity index (χ0n) is 38.4. The van der Waals surface area contributed by atoms with Crippen LogP contribution < -0.4 is 33.7 Å². The lowest BCUT2D eigenvalue weighted by atomic mass is 10.0. The molecule has 6 aromatic rings. The summed E-state index contributed by atoms with van der Waals surface area (Å²) in [5.74, 6) is 3.72. The molecule has 0 aliphatic carbocycles. The van der Waals surface area contributed by atoms with Crippen LogP contribution in [0.1, 0.15) is 63.1 Å². The van der Waals surface area contributed by atoms with Crippen molar-refractivity contribution < 1.29 is 32.5 Å². The fourth-order valence-corrected chi connectivity index (χ4v) is 9.09. The molecule has 4 aromatic carbocycles. The molecule has 8 rings (SSSR count). The number of hydrogen-bond donors (Lipinski definition) is 0. The molecule has 0 unspecified atom stereocenters. The van der Waals surface area contributed by atoms with Gasteiger partial charge in [0.05, 0.1) is 46.1 Å². The highest BCUT2D eigenvalue weighted by atomic mass is 35.5. The summed E-state index contributed by atoms with van der Waals surface area (Å²) in [7, 11) is 3.34. The monoisotopic (exact) mass is 904 g/mol. The second-order valence-electron chi connectivity index (χ2n) is 16.5. The van der Waals surface area contributed by atoms with Crippen LogP contribution in [-0.4, -0.2) is 92.1 Å². The van der Waals surface area contributed by atoms with Gasteiger partial charge in [-0.1, -0.05) is 48.0 Å². The van der Waals surface area contributed by atoms with Gasteiger partial charge in [-0.3, -0.25) is 9.80 Å². The van der Waals surface area contributed by atoms with Gasteiger partial charge in [-0.15, -0.1) is 0 Å². The van der Waals surface area contributed by atoms with Crippen molar-refractivity contribution in [1.29, 1.82) is 0 Å². The van der Waals surface area contributed by atoms with Gasteiger partial charge in [0.1, 0.15) is 57.7 Å². The molecular formula is C51H61ClN6O7. The van der Waals surface area contributed by atoms with Crippen molar-refractivity contribution in [1.82, 2.24) is 19.8 Å². The van der Waals surface area contributed by atoms with Crippen molar-refractivity contribution in [2.24, 2.45) is 0 Å². The average Bonchev–Trinajstić information content (AvgIpc) is 4.03. The van der Waals surface area contributed by atoms with E-state index in [2.05, 4.69) is 44.9 Å². The number of hydrazine groups is 1. The summed E-state index contributed by atoms with van der Waals surface area (Å²) in [6.45, 7) is 14.7. The molecule has 0 bridgehead atoms. The number of piperidine rings is 2. The summed E-state index contributed by atoms with van der Waals surface area (Å²) in [6, 6.07) is 27.4. The Bertz CT molecular complexity index is 2450. The van der Waals surface area contributed by atoms with Crippen LogP contribution in [-0.2, 0) is 13.1 Å². The SMILES string of the molecule is CCOc1cc(CN2CCC(N(c3nc(-c4cccc(OC)c4)co3)N(c3nc(-c4cccc(OC)c4)co3)C3CCN(Cc4cc(OCC)c(Cl)c(OCC)c4)CC3)CC2)ccc1C. The van der Waals surface area contributed by atoms with Gasteiger partial charge in [0.25, 0.3) is 0 Å². The molecule has 0 saturated carbocycles. The summed E-state index contributed by atoms with van der Waals surface area (Å²) in [5, 5.41) is 4.98. The van der Waals surface area contributed by atoms with Crippen molar-refractivity contribution in [2.75, 3.05) is 70.2 Å². The van der Waals surface area contributed by atoms with Gasteiger partial charge in [0, 0.05) is 50.4 Å². The van der Waals surface area contributed by atoms with Crippen LogP contribution in [0.15, 0.2) is 100 Å². The minimum atomic E-state index is 0.000919. The summed E-state index contributed by atoms with van der Waals surface area (Å²) in [5.41, 5.74) is 6.70. The van der Waals surface area contributed by atoms with E-state index < -0.39 is 0 Å². The zero-order valence-corrected chi connectivity index (χ0v) is 39.2. The number of benzene rings is 4. The Kier molecular flexibility index (Phi) is 15.0. The molecular weight excluding hydrogens is 844 g/mol. The Labute approximate surface area is 387 Å². The lowest BCUT2D eigenvalue weighted by Gasteiger charge is -2.47.